The van der Waals surface area contributed by atoms with Gasteiger partial charge < -0.3 is 10.6 Å². The van der Waals surface area contributed by atoms with E-state index >= 15 is 0 Å². The lowest BCUT2D eigenvalue weighted by atomic mass is 9.95. The summed E-state index contributed by atoms with van der Waals surface area (Å²) in [7, 11) is 1.82. The van der Waals surface area contributed by atoms with Crippen LogP contribution in [0.15, 0.2) is 0 Å². The fraction of sp³-hybridized carbons (Fsp3) is 0.667. The van der Waals surface area contributed by atoms with Crippen LogP contribution >= 0.6 is 11.5 Å². The summed E-state index contributed by atoms with van der Waals surface area (Å²) in [6.07, 6.45) is 5.97. The van der Waals surface area contributed by atoms with Crippen LogP contribution < -0.4 is 10.6 Å². The zero-order valence-corrected chi connectivity index (χ0v) is 11.2. The molecule has 0 bridgehead atoms. The Labute approximate surface area is 106 Å². The van der Waals surface area contributed by atoms with E-state index < -0.39 is 0 Å². The minimum absolute atomic E-state index is 0.0208. The number of carbonyl (C=O) groups is 1. The third-order valence-corrected chi connectivity index (χ3v) is 4.21. The molecule has 94 valence electrons. The molecular formula is C12H19N3OS. The van der Waals surface area contributed by atoms with Gasteiger partial charge in [-0.1, -0.05) is 19.3 Å². The molecule has 1 heterocycles. The highest BCUT2D eigenvalue weighted by Crippen LogP contribution is 2.25. The van der Waals surface area contributed by atoms with E-state index in [9.17, 15) is 4.79 Å². The Morgan fingerprint density at radius 3 is 2.71 bits per heavy atom. The van der Waals surface area contributed by atoms with E-state index in [1.54, 1.807) is 0 Å². The quantitative estimate of drug-likeness (QED) is 0.870. The number of nitrogens with zero attached hydrogens (tertiary/aromatic N) is 1. The van der Waals surface area contributed by atoms with E-state index in [1.807, 2.05) is 14.0 Å². The van der Waals surface area contributed by atoms with Crippen LogP contribution in [0.5, 0.6) is 0 Å². The molecule has 1 fully saturated rings. The highest BCUT2D eigenvalue weighted by atomic mass is 32.1. The Hall–Kier alpha value is -1.10. The average molecular weight is 253 g/mol. The maximum atomic E-state index is 12.2. The fourth-order valence-corrected chi connectivity index (χ4v) is 3.05. The predicted octanol–water partition coefficient (Wildman–Crippen LogP) is 2.56. The van der Waals surface area contributed by atoms with Gasteiger partial charge >= 0.3 is 0 Å². The first-order valence-corrected chi connectivity index (χ1v) is 6.94. The van der Waals surface area contributed by atoms with Crippen molar-refractivity contribution in [2.75, 3.05) is 12.4 Å². The zero-order valence-electron chi connectivity index (χ0n) is 10.4. The molecule has 1 saturated carbocycles. The number of hydrogen-bond acceptors (Lipinski definition) is 4. The zero-order chi connectivity index (χ0) is 12.3. The summed E-state index contributed by atoms with van der Waals surface area (Å²) >= 11 is 1.34. The molecule has 1 aromatic heterocycles. The van der Waals surface area contributed by atoms with Crippen molar-refractivity contribution < 1.29 is 4.79 Å². The van der Waals surface area contributed by atoms with Gasteiger partial charge in [-0.05, 0) is 31.3 Å². The SMILES string of the molecule is CNc1snc(C)c1C(=O)NC1CCCCC1. The van der Waals surface area contributed by atoms with E-state index in [2.05, 4.69) is 15.0 Å². The van der Waals surface area contributed by atoms with Gasteiger partial charge in [-0.2, -0.15) is 4.37 Å². The Morgan fingerprint density at radius 2 is 2.06 bits per heavy atom. The average Bonchev–Trinajstić information content (AvgIpc) is 2.71. The third kappa shape index (κ3) is 2.77. The Bertz CT molecular complexity index is 396. The van der Waals surface area contributed by atoms with Gasteiger partial charge in [0.25, 0.3) is 5.91 Å². The van der Waals surface area contributed by atoms with Crippen molar-refractivity contribution in [2.24, 2.45) is 0 Å². The van der Waals surface area contributed by atoms with E-state index in [-0.39, 0.29) is 5.91 Å². The van der Waals surface area contributed by atoms with Crippen molar-refractivity contribution in [3.8, 4) is 0 Å². The van der Waals surface area contributed by atoms with Gasteiger partial charge in [-0.3, -0.25) is 4.79 Å². The Balaban J connectivity index is 2.05. The summed E-state index contributed by atoms with van der Waals surface area (Å²) in [6, 6.07) is 0.347. The van der Waals surface area contributed by atoms with Gasteiger partial charge in [-0.25, -0.2) is 0 Å². The maximum absolute atomic E-state index is 12.2. The van der Waals surface area contributed by atoms with Crippen LogP contribution in [-0.2, 0) is 0 Å². The molecule has 0 radical (unpaired) electrons. The molecule has 0 unspecified atom stereocenters. The Kier molecular flexibility index (Phi) is 3.99. The Morgan fingerprint density at radius 1 is 1.35 bits per heavy atom. The van der Waals surface area contributed by atoms with Crippen LogP contribution in [0.3, 0.4) is 0 Å². The number of aryl methyl sites for hydroxylation is 1. The minimum Gasteiger partial charge on any atom is -0.378 e. The molecule has 2 N–H and O–H groups in total. The van der Waals surface area contributed by atoms with E-state index in [0.29, 0.717) is 11.6 Å². The molecule has 4 nitrogen and oxygen atoms in total. The summed E-state index contributed by atoms with van der Waals surface area (Å²) < 4.78 is 4.22. The summed E-state index contributed by atoms with van der Waals surface area (Å²) in [4.78, 5) is 12.2. The lowest BCUT2D eigenvalue weighted by Gasteiger charge is -2.22. The molecule has 0 spiro atoms. The fourth-order valence-electron chi connectivity index (χ4n) is 2.31. The van der Waals surface area contributed by atoms with Crippen molar-refractivity contribution in [3.63, 3.8) is 0 Å². The van der Waals surface area contributed by atoms with Gasteiger partial charge in [-0.15, -0.1) is 0 Å². The van der Waals surface area contributed by atoms with Gasteiger partial charge in [0.05, 0.1) is 11.3 Å². The largest absolute Gasteiger partial charge is 0.378 e. The molecule has 0 aliphatic heterocycles. The maximum Gasteiger partial charge on any atom is 0.256 e. The first-order chi connectivity index (χ1) is 8.22. The van der Waals surface area contributed by atoms with Crippen LogP contribution in [0.25, 0.3) is 0 Å². The molecule has 1 aliphatic carbocycles. The standard InChI is InChI=1S/C12H19N3OS/c1-8-10(12(13-2)17-15-8)11(16)14-9-6-4-3-5-7-9/h9,13H,3-7H2,1-2H3,(H,14,16). The van der Waals surface area contributed by atoms with Crippen molar-refractivity contribution in [1.29, 1.82) is 0 Å². The monoisotopic (exact) mass is 253 g/mol. The number of anilines is 1. The summed E-state index contributed by atoms with van der Waals surface area (Å²) in [5, 5.41) is 7.01. The number of carbonyl (C=O) groups excluding carboxylic acids is 1. The third-order valence-electron chi connectivity index (χ3n) is 3.26. The van der Waals surface area contributed by atoms with Gasteiger partial charge in [0.2, 0.25) is 0 Å². The number of amides is 1. The van der Waals surface area contributed by atoms with Crippen LogP contribution in [0.1, 0.15) is 48.2 Å². The molecule has 1 amide bonds. The van der Waals surface area contributed by atoms with Crippen LogP contribution in [0.2, 0.25) is 0 Å². The second-order valence-electron chi connectivity index (χ2n) is 4.53. The smallest absolute Gasteiger partial charge is 0.256 e. The van der Waals surface area contributed by atoms with Crippen molar-refractivity contribution in [3.05, 3.63) is 11.3 Å². The number of hydrogen-bond donors (Lipinski definition) is 2. The van der Waals surface area contributed by atoms with E-state index in [1.165, 1.54) is 30.8 Å². The predicted molar refractivity (Wildman–Crippen MR) is 70.7 cm³/mol. The first kappa shape index (κ1) is 12.4. The van der Waals surface area contributed by atoms with Gasteiger partial charge in [0.15, 0.2) is 0 Å². The van der Waals surface area contributed by atoms with Crippen LogP contribution in [0, 0.1) is 6.92 Å². The van der Waals surface area contributed by atoms with E-state index in [4.69, 9.17) is 0 Å². The molecule has 1 aromatic rings. The minimum atomic E-state index is 0.0208. The first-order valence-electron chi connectivity index (χ1n) is 6.17. The number of aromatic nitrogens is 1. The lowest BCUT2D eigenvalue weighted by molar-refractivity contribution is 0.0928. The van der Waals surface area contributed by atoms with Crippen LogP contribution in [0.4, 0.5) is 5.00 Å². The summed E-state index contributed by atoms with van der Waals surface area (Å²) in [5.74, 6) is 0.0208. The van der Waals surface area contributed by atoms with Gasteiger partial charge in [0, 0.05) is 13.1 Å². The van der Waals surface area contributed by atoms with Gasteiger partial charge in [0.1, 0.15) is 5.00 Å². The van der Waals surface area contributed by atoms with Crippen LogP contribution in [-0.4, -0.2) is 23.4 Å². The van der Waals surface area contributed by atoms with Crippen molar-refractivity contribution in [2.45, 2.75) is 45.1 Å². The highest BCUT2D eigenvalue weighted by molar-refractivity contribution is 7.10. The molecule has 0 aromatic carbocycles. The molecule has 2 rings (SSSR count). The molecule has 17 heavy (non-hydrogen) atoms. The lowest BCUT2D eigenvalue weighted by Crippen LogP contribution is -2.36. The summed E-state index contributed by atoms with van der Waals surface area (Å²) in [5.41, 5.74) is 1.52. The molecule has 0 atom stereocenters. The second-order valence-corrected chi connectivity index (χ2v) is 5.30. The number of nitrogens with one attached hydrogen (secondary N) is 2. The normalized spacial score (nSPS) is 16.8. The second kappa shape index (κ2) is 5.49. The summed E-state index contributed by atoms with van der Waals surface area (Å²) in [6.45, 7) is 1.88. The highest BCUT2D eigenvalue weighted by Gasteiger charge is 2.21. The molecule has 0 saturated heterocycles. The number of rotatable bonds is 3. The molecular weight excluding hydrogens is 234 g/mol. The molecule has 1 aliphatic rings. The topological polar surface area (TPSA) is 54.0 Å². The molecule has 5 heteroatoms. The van der Waals surface area contributed by atoms with E-state index in [0.717, 1.165) is 23.5 Å². The van der Waals surface area contributed by atoms with Crippen molar-refractivity contribution in [1.82, 2.24) is 9.69 Å². The van der Waals surface area contributed by atoms with Crippen molar-refractivity contribution >= 4 is 22.4 Å².